The molecule has 0 spiro atoms. The number of nitrogens with zero attached hydrogens (tertiary/aromatic N) is 2. The van der Waals surface area contributed by atoms with Crippen LogP contribution >= 0.6 is 11.6 Å². The van der Waals surface area contributed by atoms with Crippen molar-refractivity contribution in [2.75, 3.05) is 36.0 Å². The summed E-state index contributed by atoms with van der Waals surface area (Å²) in [5.41, 5.74) is 2.52. The number of aryl methyl sites for hydroxylation is 1. The fraction of sp³-hybridized carbons (Fsp3) is 0.333. The van der Waals surface area contributed by atoms with Crippen LogP contribution in [0.25, 0.3) is 0 Å². The van der Waals surface area contributed by atoms with Crippen LogP contribution in [0.15, 0.2) is 42.5 Å². The SMILES string of the molecule is Cc1ccc(N2C(=O)C[C@H]([NH+]3CCN(c4ccc(O)cc4)CC3)C2=O)cc1Cl. The number of halogens is 1. The van der Waals surface area contributed by atoms with Crippen LogP contribution in [-0.2, 0) is 9.59 Å². The summed E-state index contributed by atoms with van der Waals surface area (Å²) in [6.07, 6.45) is 0.235. The Hall–Kier alpha value is -2.57. The number of anilines is 2. The van der Waals surface area contributed by atoms with Gasteiger partial charge >= 0.3 is 0 Å². The first-order valence-corrected chi connectivity index (χ1v) is 9.83. The Labute approximate surface area is 168 Å². The van der Waals surface area contributed by atoms with E-state index in [-0.39, 0.29) is 30.0 Å². The van der Waals surface area contributed by atoms with E-state index >= 15 is 0 Å². The number of phenols is 1. The molecular weight excluding hydrogens is 378 g/mol. The second-order valence-corrected chi connectivity index (χ2v) is 7.83. The largest absolute Gasteiger partial charge is 0.508 e. The van der Waals surface area contributed by atoms with Crippen molar-refractivity contribution in [2.45, 2.75) is 19.4 Å². The summed E-state index contributed by atoms with van der Waals surface area (Å²) in [6, 6.07) is 12.1. The van der Waals surface area contributed by atoms with Gasteiger partial charge in [-0.25, -0.2) is 4.90 Å². The summed E-state index contributed by atoms with van der Waals surface area (Å²) in [5.74, 6) is -0.0548. The van der Waals surface area contributed by atoms with Gasteiger partial charge in [-0.2, -0.15) is 0 Å². The third kappa shape index (κ3) is 3.45. The molecule has 2 aromatic carbocycles. The lowest BCUT2D eigenvalue weighted by Gasteiger charge is -2.35. The minimum absolute atomic E-state index is 0.141. The molecule has 2 saturated heterocycles. The van der Waals surface area contributed by atoms with Crippen LogP contribution < -0.4 is 14.7 Å². The number of amides is 2. The van der Waals surface area contributed by atoms with Crippen LogP contribution in [0.1, 0.15) is 12.0 Å². The molecule has 2 aliphatic heterocycles. The van der Waals surface area contributed by atoms with E-state index in [0.717, 1.165) is 42.3 Å². The van der Waals surface area contributed by atoms with E-state index in [0.29, 0.717) is 10.7 Å². The first-order valence-electron chi connectivity index (χ1n) is 9.45. The lowest BCUT2D eigenvalue weighted by atomic mass is 10.1. The normalized spacial score (nSPS) is 20.9. The van der Waals surface area contributed by atoms with Gasteiger partial charge in [0.15, 0.2) is 6.04 Å². The van der Waals surface area contributed by atoms with Crippen LogP contribution in [-0.4, -0.2) is 49.1 Å². The van der Waals surface area contributed by atoms with E-state index in [1.54, 1.807) is 24.3 Å². The van der Waals surface area contributed by atoms with E-state index in [9.17, 15) is 14.7 Å². The molecule has 7 heteroatoms. The van der Waals surface area contributed by atoms with Crippen molar-refractivity contribution in [3.63, 3.8) is 0 Å². The highest BCUT2D eigenvalue weighted by atomic mass is 35.5. The predicted octanol–water partition coefficient (Wildman–Crippen LogP) is 1.39. The molecule has 0 aliphatic carbocycles. The smallest absolute Gasteiger partial charge is 0.292 e. The molecule has 0 radical (unpaired) electrons. The fourth-order valence-corrected chi connectivity index (χ4v) is 4.18. The summed E-state index contributed by atoms with van der Waals surface area (Å²) in [5, 5.41) is 9.99. The summed E-state index contributed by atoms with van der Waals surface area (Å²) in [7, 11) is 0. The maximum Gasteiger partial charge on any atom is 0.292 e. The molecule has 2 fully saturated rings. The summed E-state index contributed by atoms with van der Waals surface area (Å²) in [6.45, 7) is 5.06. The van der Waals surface area contributed by atoms with Crippen LogP contribution in [0.4, 0.5) is 11.4 Å². The number of hydrogen-bond acceptors (Lipinski definition) is 4. The average molecular weight is 401 g/mol. The Morgan fingerprint density at radius 1 is 1.04 bits per heavy atom. The summed E-state index contributed by atoms with van der Waals surface area (Å²) < 4.78 is 0. The van der Waals surface area contributed by atoms with Crippen molar-refractivity contribution in [3.05, 3.63) is 53.1 Å². The third-order valence-corrected chi connectivity index (χ3v) is 6.08. The Bertz CT molecular complexity index is 908. The number of aromatic hydroxyl groups is 1. The molecule has 2 amide bonds. The van der Waals surface area contributed by atoms with Gasteiger partial charge in [-0.3, -0.25) is 9.59 Å². The third-order valence-electron chi connectivity index (χ3n) is 5.67. The first kappa shape index (κ1) is 18.8. The molecule has 2 N–H and O–H groups in total. The molecule has 0 bridgehead atoms. The van der Waals surface area contributed by atoms with Crippen LogP contribution in [0.5, 0.6) is 5.75 Å². The number of hydrogen-bond donors (Lipinski definition) is 2. The molecule has 1 atom stereocenters. The van der Waals surface area contributed by atoms with Gasteiger partial charge in [0.2, 0.25) is 5.91 Å². The number of nitrogens with one attached hydrogen (secondary N) is 1. The van der Waals surface area contributed by atoms with Gasteiger partial charge in [0.25, 0.3) is 5.91 Å². The second-order valence-electron chi connectivity index (χ2n) is 7.42. The van der Waals surface area contributed by atoms with Crippen LogP contribution in [0.2, 0.25) is 5.02 Å². The molecule has 146 valence electrons. The van der Waals surface area contributed by atoms with E-state index in [1.807, 2.05) is 25.1 Å². The monoisotopic (exact) mass is 400 g/mol. The van der Waals surface area contributed by atoms with Gasteiger partial charge in [0.1, 0.15) is 5.75 Å². The Morgan fingerprint density at radius 3 is 2.32 bits per heavy atom. The zero-order valence-electron chi connectivity index (χ0n) is 15.7. The van der Waals surface area contributed by atoms with Gasteiger partial charge in [0, 0.05) is 10.7 Å². The molecule has 0 saturated carbocycles. The second kappa shape index (κ2) is 7.45. The molecule has 2 aliphatic rings. The Morgan fingerprint density at radius 2 is 1.68 bits per heavy atom. The molecule has 0 aromatic heterocycles. The summed E-state index contributed by atoms with van der Waals surface area (Å²) in [4.78, 5) is 30.2. The Balaban J connectivity index is 1.44. The number of benzene rings is 2. The highest BCUT2D eigenvalue weighted by Gasteiger charge is 2.46. The lowest BCUT2D eigenvalue weighted by molar-refractivity contribution is -0.915. The molecule has 2 aromatic rings. The predicted molar refractivity (Wildman–Crippen MR) is 108 cm³/mol. The van der Waals surface area contributed by atoms with Crippen LogP contribution in [0, 0.1) is 6.92 Å². The van der Waals surface area contributed by atoms with Gasteiger partial charge in [-0.1, -0.05) is 17.7 Å². The molecule has 4 rings (SSSR count). The first-order chi connectivity index (χ1) is 13.4. The quantitative estimate of drug-likeness (QED) is 0.764. The van der Waals surface area contributed by atoms with E-state index in [4.69, 9.17) is 11.6 Å². The summed E-state index contributed by atoms with van der Waals surface area (Å²) >= 11 is 6.18. The van der Waals surface area contributed by atoms with E-state index in [1.165, 1.54) is 4.90 Å². The zero-order chi connectivity index (χ0) is 19.8. The maximum absolute atomic E-state index is 13.0. The molecule has 2 heterocycles. The van der Waals surface area contributed by atoms with Crippen molar-refractivity contribution < 1.29 is 19.6 Å². The van der Waals surface area contributed by atoms with Crippen molar-refractivity contribution in [1.82, 2.24) is 0 Å². The number of carbonyl (C=O) groups excluding carboxylic acids is 2. The molecule has 28 heavy (non-hydrogen) atoms. The van der Waals surface area contributed by atoms with Gasteiger partial charge < -0.3 is 14.9 Å². The van der Waals surface area contributed by atoms with Gasteiger partial charge in [-0.15, -0.1) is 0 Å². The highest BCUT2D eigenvalue weighted by Crippen LogP contribution is 2.27. The standard InChI is InChI=1S/C21H22ClN3O3/c1-14-2-3-16(12-18(14)22)25-20(27)13-19(21(25)28)24-10-8-23(9-11-24)15-4-6-17(26)7-5-15/h2-7,12,19,26H,8-11,13H2,1H3/p+1/t19-/m0/s1. The molecular formula is C21H23ClN3O3+. The van der Waals surface area contributed by atoms with Gasteiger partial charge in [-0.05, 0) is 48.9 Å². The van der Waals surface area contributed by atoms with Gasteiger partial charge in [0.05, 0.1) is 38.3 Å². The van der Waals surface area contributed by atoms with E-state index < -0.39 is 0 Å². The Kier molecular flexibility index (Phi) is 5.00. The van der Waals surface area contributed by atoms with Crippen molar-refractivity contribution in [2.24, 2.45) is 0 Å². The van der Waals surface area contributed by atoms with Crippen molar-refractivity contribution in [3.8, 4) is 5.75 Å². The minimum Gasteiger partial charge on any atom is -0.508 e. The van der Waals surface area contributed by atoms with Crippen LogP contribution in [0.3, 0.4) is 0 Å². The number of quaternary nitrogens is 1. The highest BCUT2D eigenvalue weighted by molar-refractivity contribution is 6.32. The topological polar surface area (TPSA) is 65.3 Å². The lowest BCUT2D eigenvalue weighted by Crippen LogP contribution is -3.19. The molecule has 6 nitrogen and oxygen atoms in total. The minimum atomic E-state index is -0.338. The number of phenolic OH excluding ortho intramolecular Hbond substituents is 1. The number of carbonyl (C=O) groups is 2. The van der Waals surface area contributed by atoms with E-state index in [2.05, 4.69) is 4.90 Å². The zero-order valence-corrected chi connectivity index (χ0v) is 16.4. The van der Waals surface area contributed by atoms with Crippen molar-refractivity contribution >= 4 is 34.8 Å². The maximum atomic E-state index is 13.0. The number of imide groups is 1. The number of piperazine rings is 1. The number of rotatable bonds is 3. The average Bonchev–Trinajstić information content (AvgIpc) is 2.99. The van der Waals surface area contributed by atoms with Crippen molar-refractivity contribution in [1.29, 1.82) is 0 Å². The molecule has 0 unspecified atom stereocenters. The fourth-order valence-electron chi connectivity index (χ4n) is 4.01.